The van der Waals surface area contributed by atoms with E-state index in [-0.39, 0.29) is 19.0 Å². The molecule has 0 amide bonds. The first-order chi connectivity index (χ1) is 10.2. The molecule has 0 heterocycles. The molecule has 5 heteroatoms. The van der Waals surface area contributed by atoms with Gasteiger partial charge in [-0.1, -0.05) is 41.4 Å². The highest BCUT2D eigenvalue weighted by atomic mass is 35.5. The van der Waals surface area contributed by atoms with E-state index < -0.39 is 0 Å². The zero-order valence-electron chi connectivity index (χ0n) is 12.5. The van der Waals surface area contributed by atoms with Gasteiger partial charge in [0, 0.05) is 23.7 Å². The zero-order valence-corrected chi connectivity index (χ0v) is 14.1. The normalized spacial score (nSPS) is 10.1. The molecule has 0 aliphatic carbocycles. The molecule has 2 N–H and O–H groups in total. The Hall–Kier alpha value is -1.26. The minimum atomic E-state index is 0. The summed E-state index contributed by atoms with van der Waals surface area (Å²) in [7, 11) is 0. The van der Waals surface area contributed by atoms with Gasteiger partial charge in [-0.15, -0.1) is 12.4 Å². The van der Waals surface area contributed by atoms with Crippen molar-refractivity contribution >= 4 is 24.0 Å². The van der Waals surface area contributed by atoms with Gasteiger partial charge in [0.15, 0.2) is 0 Å². The summed E-state index contributed by atoms with van der Waals surface area (Å²) >= 11 is 6.03. The van der Waals surface area contributed by atoms with Gasteiger partial charge in [-0.25, -0.2) is 0 Å². The molecule has 22 heavy (non-hydrogen) atoms. The lowest BCUT2D eigenvalue weighted by atomic mass is 10.1. The fourth-order valence-corrected chi connectivity index (χ4v) is 2.17. The van der Waals surface area contributed by atoms with Gasteiger partial charge in [-0.2, -0.15) is 0 Å². The number of ether oxygens (including phenoxy) is 1. The number of nitrogens with one attached hydrogen (secondary N) is 1. The Labute approximate surface area is 142 Å². The van der Waals surface area contributed by atoms with Crippen molar-refractivity contribution in [3.05, 3.63) is 64.2 Å². The highest BCUT2D eigenvalue weighted by molar-refractivity contribution is 6.30. The molecule has 0 saturated heterocycles. The molecule has 120 valence electrons. The first-order valence-corrected chi connectivity index (χ1v) is 7.35. The smallest absolute Gasteiger partial charge is 0.124 e. The standard InChI is InChI=1S/C17H20ClNO2.ClH/c1-13-2-4-14(5-3-13)12-21-17-7-6-16(18)10-15(17)11-19-8-9-20;/h2-7,10,19-20H,8-9,11-12H2,1H3;1H. The van der Waals surface area contributed by atoms with Crippen molar-refractivity contribution in [2.75, 3.05) is 13.2 Å². The zero-order chi connectivity index (χ0) is 15.1. The van der Waals surface area contributed by atoms with Crippen LogP contribution in [-0.2, 0) is 13.2 Å². The number of aliphatic hydroxyl groups excluding tert-OH is 1. The molecule has 0 atom stereocenters. The van der Waals surface area contributed by atoms with Gasteiger partial charge >= 0.3 is 0 Å². The first kappa shape index (κ1) is 18.8. The lowest BCUT2D eigenvalue weighted by Gasteiger charge is -2.13. The predicted molar refractivity (Wildman–Crippen MR) is 93.0 cm³/mol. The topological polar surface area (TPSA) is 41.5 Å². The van der Waals surface area contributed by atoms with E-state index in [4.69, 9.17) is 21.4 Å². The summed E-state index contributed by atoms with van der Waals surface area (Å²) in [5.74, 6) is 0.811. The summed E-state index contributed by atoms with van der Waals surface area (Å²) < 4.78 is 5.89. The van der Waals surface area contributed by atoms with Crippen molar-refractivity contribution < 1.29 is 9.84 Å². The maximum Gasteiger partial charge on any atom is 0.124 e. The quantitative estimate of drug-likeness (QED) is 0.754. The maximum absolute atomic E-state index is 8.82. The fourth-order valence-electron chi connectivity index (χ4n) is 1.97. The van der Waals surface area contributed by atoms with Gasteiger partial charge in [0.2, 0.25) is 0 Å². The van der Waals surface area contributed by atoms with Gasteiger partial charge < -0.3 is 15.2 Å². The first-order valence-electron chi connectivity index (χ1n) is 6.97. The number of rotatable bonds is 7. The summed E-state index contributed by atoms with van der Waals surface area (Å²) in [5, 5.41) is 12.6. The van der Waals surface area contributed by atoms with Crippen LogP contribution in [0.4, 0.5) is 0 Å². The van der Waals surface area contributed by atoms with E-state index in [1.54, 1.807) is 0 Å². The van der Waals surface area contributed by atoms with Crippen LogP contribution in [0.5, 0.6) is 5.75 Å². The Morgan fingerprint density at radius 2 is 1.86 bits per heavy atom. The third-order valence-electron chi connectivity index (χ3n) is 3.14. The molecule has 0 fully saturated rings. The molecular weight excluding hydrogens is 321 g/mol. The van der Waals surface area contributed by atoms with Crippen molar-refractivity contribution in [2.45, 2.75) is 20.1 Å². The van der Waals surface area contributed by atoms with Gasteiger partial charge in [0.1, 0.15) is 12.4 Å². The SMILES string of the molecule is Cc1ccc(COc2ccc(Cl)cc2CNCCO)cc1.Cl. The van der Waals surface area contributed by atoms with Gasteiger partial charge in [0.05, 0.1) is 6.61 Å². The Balaban J connectivity index is 0.00000242. The molecule has 0 bridgehead atoms. The number of hydrogen-bond donors (Lipinski definition) is 2. The van der Waals surface area contributed by atoms with Crippen LogP contribution in [-0.4, -0.2) is 18.3 Å². The number of aryl methyl sites for hydroxylation is 1. The molecule has 0 saturated carbocycles. The molecule has 2 aromatic carbocycles. The van der Waals surface area contributed by atoms with Crippen LogP contribution in [0.15, 0.2) is 42.5 Å². The Bertz CT molecular complexity index is 573. The van der Waals surface area contributed by atoms with E-state index in [1.807, 2.05) is 18.2 Å². The summed E-state index contributed by atoms with van der Waals surface area (Å²) in [6.45, 7) is 3.86. The number of aliphatic hydroxyl groups is 1. The third kappa shape index (κ3) is 5.85. The van der Waals surface area contributed by atoms with Crippen LogP contribution in [0.3, 0.4) is 0 Å². The lowest BCUT2D eigenvalue weighted by molar-refractivity contribution is 0.288. The minimum absolute atomic E-state index is 0. The molecular formula is C17H21Cl2NO2. The maximum atomic E-state index is 8.82. The molecule has 0 aliphatic rings. The van der Waals surface area contributed by atoms with Crippen LogP contribution >= 0.6 is 24.0 Å². The van der Waals surface area contributed by atoms with E-state index in [0.717, 1.165) is 16.9 Å². The highest BCUT2D eigenvalue weighted by Gasteiger charge is 2.05. The summed E-state index contributed by atoms with van der Waals surface area (Å²) in [6, 6.07) is 13.9. The van der Waals surface area contributed by atoms with Crippen LogP contribution in [0, 0.1) is 6.92 Å². The van der Waals surface area contributed by atoms with Crippen LogP contribution < -0.4 is 10.1 Å². The molecule has 2 aromatic rings. The van der Waals surface area contributed by atoms with Crippen molar-refractivity contribution in [1.82, 2.24) is 5.32 Å². The molecule has 0 unspecified atom stereocenters. The molecule has 0 radical (unpaired) electrons. The average molecular weight is 342 g/mol. The second-order valence-electron chi connectivity index (χ2n) is 4.93. The summed E-state index contributed by atoms with van der Waals surface area (Å²) in [4.78, 5) is 0. The molecule has 2 rings (SSSR count). The monoisotopic (exact) mass is 341 g/mol. The van der Waals surface area contributed by atoms with E-state index in [2.05, 4.69) is 36.5 Å². The number of hydrogen-bond acceptors (Lipinski definition) is 3. The molecule has 3 nitrogen and oxygen atoms in total. The Morgan fingerprint density at radius 1 is 1.14 bits per heavy atom. The Kier molecular flexibility index (Phi) is 8.28. The van der Waals surface area contributed by atoms with E-state index in [9.17, 15) is 0 Å². The largest absolute Gasteiger partial charge is 0.489 e. The van der Waals surface area contributed by atoms with Crippen LogP contribution in [0.1, 0.15) is 16.7 Å². The summed E-state index contributed by atoms with van der Waals surface area (Å²) in [6.07, 6.45) is 0. The summed E-state index contributed by atoms with van der Waals surface area (Å²) in [5.41, 5.74) is 3.35. The number of benzene rings is 2. The van der Waals surface area contributed by atoms with Crippen molar-refractivity contribution in [3.8, 4) is 5.75 Å². The van der Waals surface area contributed by atoms with Crippen LogP contribution in [0.25, 0.3) is 0 Å². The number of halogens is 2. The second kappa shape index (κ2) is 9.70. The molecule has 0 aromatic heterocycles. The molecule has 0 aliphatic heterocycles. The average Bonchev–Trinajstić information content (AvgIpc) is 2.48. The van der Waals surface area contributed by atoms with Crippen molar-refractivity contribution in [1.29, 1.82) is 0 Å². The Morgan fingerprint density at radius 3 is 2.55 bits per heavy atom. The minimum Gasteiger partial charge on any atom is -0.489 e. The van der Waals surface area contributed by atoms with E-state index in [0.29, 0.717) is 24.7 Å². The van der Waals surface area contributed by atoms with Crippen molar-refractivity contribution in [3.63, 3.8) is 0 Å². The second-order valence-corrected chi connectivity index (χ2v) is 5.36. The molecule has 0 spiro atoms. The van der Waals surface area contributed by atoms with Crippen LogP contribution in [0.2, 0.25) is 5.02 Å². The van der Waals surface area contributed by atoms with Gasteiger partial charge in [-0.05, 0) is 30.7 Å². The van der Waals surface area contributed by atoms with Crippen molar-refractivity contribution in [2.24, 2.45) is 0 Å². The van der Waals surface area contributed by atoms with Gasteiger partial charge in [-0.3, -0.25) is 0 Å². The highest BCUT2D eigenvalue weighted by Crippen LogP contribution is 2.24. The van der Waals surface area contributed by atoms with E-state index >= 15 is 0 Å². The third-order valence-corrected chi connectivity index (χ3v) is 3.38. The lowest BCUT2D eigenvalue weighted by Crippen LogP contribution is -2.18. The predicted octanol–water partition coefficient (Wildman–Crippen LogP) is 3.73. The van der Waals surface area contributed by atoms with Gasteiger partial charge in [0.25, 0.3) is 0 Å². The van der Waals surface area contributed by atoms with E-state index in [1.165, 1.54) is 5.56 Å². The fraction of sp³-hybridized carbons (Fsp3) is 0.294.